The number of anilines is 1. The number of nitro groups is 1. The van der Waals surface area contributed by atoms with E-state index in [1.54, 1.807) is 12.1 Å². The van der Waals surface area contributed by atoms with Crippen LogP contribution >= 0.6 is 0 Å². The molecular weight excluding hydrogens is 320 g/mol. The molecule has 2 aliphatic rings. The van der Waals surface area contributed by atoms with E-state index in [1.165, 1.54) is 25.3 Å². The van der Waals surface area contributed by atoms with Crippen LogP contribution in [0.25, 0.3) is 0 Å². The predicted octanol–water partition coefficient (Wildman–Crippen LogP) is 2.41. The van der Waals surface area contributed by atoms with Gasteiger partial charge in [0.15, 0.2) is 0 Å². The molecule has 2 heterocycles. The predicted molar refractivity (Wildman–Crippen MR) is 97.2 cm³/mol. The number of nitro benzene ring substituents is 1. The van der Waals surface area contributed by atoms with E-state index in [-0.39, 0.29) is 16.5 Å². The van der Waals surface area contributed by atoms with Crippen molar-refractivity contribution < 1.29 is 9.72 Å². The molecule has 0 bridgehead atoms. The lowest BCUT2D eigenvalue weighted by Crippen LogP contribution is -2.33. The van der Waals surface area contributed by atoms with Crippen LogP contribution in [-0.4, -0.2) is 55.0 Å². The van der Waals surface area contributed by atoms with Crippen LogP contribution < -0.4 is 10.2 Å². The first-order valence-corrected chi connectivity index (χ1v) is 9.19. The monoisotopic (exact) mass is 346 g/mol. The van der Waals surface area contributed by atoms with Gasteiger partial charge in [0.25, 0.3) is 11.6 Å². The Morgan fingerprint density at radius 1 is 1.08 bits per heavy atom. The summed E-state index contributed by atoms with van der Waals surface area (Å²) in [6, 6.07) is 4.83. The average molecular weight is 346 g/mol. The van der Waals surface area contributed by atoms with Gasteiger partial charge in [0.2, 0.25) is 0 Å². The molecule has 2 fully saturated rings. The Morgan fingerprint density at radius 3 is 2.44 bits per heavy atom. The number of hydrogen-bond acceptors (Lipinski definition) is 5. The van der Waals surface area contributed by atoms with Gasteiger partial charge in [-0.05, 0) is 57.3 Å². The lowest BCUT2D eigenvalue weighted by molar-refractivity contribution is -0.384. The van der Waals surface area contributed by atoms with E-state index in [0.29, 0.717) is 17.8 Å². The summed E-state index contributed by atoms with van der Waals surface area (Å²) < 4.78 is 0. The fraction of sp³-hybridized carbons (Fsp3) is 0.611. The van der Waals surface area contributed by atoms with Crippen LogP contribution in [0.4, 0.5) is 11.4 Å². The molecule has 7 heteroatoms. The Labute approximate surface area is 148 Å². The first kappa shape index (κ1) is 17.7. The molecule has 0 spiro atoms. The average Bonchev–Trinajstić information content (AvgIpc) is 3.15. The number of rotatable bonds is 6. The third-order valence-corrected chi connectivity index (χ3v) is 5.04. The van der Waals surface area contributed by atoms with Gasteiger partial charge in [0.05, 0.1) is 4.92 Å². The summed E-state index contributed by atoms with van der Waals surface area (Å²) in [5, 5.41) is 14.3. The molecule has 136 valence electrons. The molecule has 0 aliphatic carbocycles. The van der Waals surface area contributed by atoms with Gasteiger partial charge in [-0.3, -0.25) is 14.9 Å². The number of benzene rings is 1. The van der Waals surface area contributed by atoms with E-state index < -0.39 is 0 Å². The zero-order valence-electron chi connectivity index (χ0n) is 14.6. The van der Waals surface area contributed by atoms with Crippen LogP contribution in [0.1, 0.15) is 42.5 Å². The first-order valence-electron chi connectivity index (χ1n) is 9.19. The second-order valence-corrected chi connectivity index (χ2v) is 6.81. The Morgan fingerprint density at radius 2 is 1.76 bits per heavy atom. The topological polar surface area (TPSA) is 78.7 Å². The van der Waals surface area contributed by atoms with E-state index in [9.17, 15) is 14.9 Å². The highest BCUT2D eigenvalue weighted by atomic mass is 16.6. The minimum absolute atomic E-state index is 0.0223. The van der Waals surface area contributed by atoms with Crippen molar-refractivity contribution in [3.05, 3.63) is 33.9 Å². The minimum Gasteiger partial charge on any atom is -0.366 e. The van der Waals surface area contributed by atoms with Gasteiger partial charge in [0.1, 0.15) is 5.69 Å². The maximum Gasteiger partial charge on any atom is 0.293 e. The fourth-order valence-corrected chi connectivity index (χ4v) is 3.65. The van der Waals surface area contributed by atoms with Crippen LogP contribution in [0.5, 0.6) is 0 Å². The zero-order valence-corrected chi connectivity index (χ0v) is 14.6. The van der Waals surface area contributed by atoms with Crippen molar-refractivity contribution in [2.75, 3.05) is 44.2 Å². The molecule has 2 saturated heterocycles. The molecule has 1 aromatic carbocycles. The van der Waals surface area contributed by atoms with Gasteiger partial charge in [0, 0.05) is 37.8 Å². The standard InChI is InChI=1S/C18H26N4O3/c23-18(19-8-13-20-9-4-5-10-20)15-6-7-16(17(14-15)22(24)25)21-11-2-1-3-12-21/h6-7,14H,1-5,8-13H2,(H,19,23). The normalized spacial score (nSPS) is 18.3. The minimum atomic E-state index is -0.384. The van der Waals surface area contributed by atoms with Crippen molar-refractivity contribution >= 4 is 17.3 Å². The summed E-state index contributed by atoms with van der Waals surface area (Å²) in [6.45, 7) is 5.25. The molecule has 0 radical (unpaired) electrons. The van der Waals surface area contributed by atoms with Crippen LogP contribution in [0.15, 0.2) is 18.2 Å². The van der Waals surface area contributed by atoms with Crippen molar-refractivity contribution in [3.8, 4) is 0 Å². The van der Waals surface area contributed by atoms with Gasteiger partial charge in [-0.15, -0.1) is 0 Å². The molecule has 0 aromatic heterocycles. The highest BCUT2D eigenvalue weighted by molar-refractivity contribution is 5.95. The third-order valence-electron chi connectivity index (χ3n) is 5.04. The number of nitrogens with zero attached hydrogens (tertiary/aromatic N) is 3. The number of nitrogens with one attached hydrogen (secondary N) is 1. The van der Waals surface area contributed by atoms with E-state index in [1.807, 2.05) is 0 Å². The maximum atomic E-state index is 12.3. The van der Waals surface area contributed by atoms with Crippen molar-refractivity contribution in [3.63, 3.8) is 0 Å². The molecular formula is C18H26N4O3. The van der Waals surface area contributed by atoms with Crippen LogP contribution in [-0.2, 0) is 0 Å². The summed E-state index contributed by atoms with van der Waals surface area (Å²) >= 11 is 0. The van der Waals surface area contributed by atoms with Crippen LogP contribution in [0, 0.1) is 10.1 Å². The number of amides is 1. The molecule has 2 aliphatic heterocycles. The third kappa shape index (κ3) is 4.48. The molecule has 1 aromatic rings. The number of carbonyl (C=O) groups excluding carboxylic acids is 1. The van der Waals surface area contributed by atoms with E-state index in [0.717, 1.165) is 45.6 Å². The Kier molecular flexibility index (Phi) is 5.86. The Bertz CT molecular complexity index is 623. The second-order valence-electron chi connectivity index (χ2n) is 6.81. The molecule has 0 atom stereocenters. The number of likely N-dealkylation sites (tertiary alicyclic amines) is 1. The van der Waals surface area contributed by atoms with Gasteiger partial charge in [-0.25, -0.2) is 0 Å². The molecule has 3 rings (SSSR count). The van der Waals surface area contributed by atoms with E-state index in [4.69, 9.17) is 0 Å². The smallest absolute Gasteiger partial charge is 0.293 e. The summed E-state index contributed by atoms with van der Waals surface area (Å²) in [5.41, 5.74) is 1.00. The van der Waals surface area contributed by atoms with E-state index in [2.05, 4.69) is 15.1 Å². The van der Waals surface area contributed by atoms with Crippen molar-refractivity contribution in [1.29, 1.82) is 0 Å². The van der Waals surface area contributed by atoms with Gasteiger partial charge in [-0.2, -0.15) is 0 Å². The Hall–Kier alpha value is -2.15. The Balaban J connectivity index is 1.65. The van der Waals surface area contributed by atoms with Crippen LogP contribution in [0.3, 0.4) is 0 Å². The second kappa shape index (κ2) is 8.29. The summed E-state index contributed by atoms with van der Waals surface area (Å²) in [5.74, 6) is -0.243. The molecule has 1 N–H and O–H groups in total. The quantitative estimate of drug-likeness (QED) is 0.632. The van der Waals surface area contributed by atoms with Gasteiger partial charge in [-0.1, -0.05) is 0 Å². The molecule has 0 unspecified atom stereocenters. The van der Waals surface area contributed by atoms with Gasteiger partial charge >= 0.3 is 0 Å². The maximum absolute atomic E-state index is 12.3. The lowest BCUT2D eigenvalue weighted by Gasteiger charge is -2.28. The fourth-order valence-electron chi connectivity index (χ4n) is 3.65. The summed E-state index contributed by atoms with van der Waals surface area (Å²) in [6.07, 6.45) is 5.71. The number of carbonyl (C=O) groups is 1. The summed E-state index contributed by atoms with van der Waals surface area (Å²) in [4.78, 5) is 27.8. The highest BCUT2D eigenvalue weighted by Gasteiger charge is 2.23. The summed E-state index contributed by atoms with van der Waals surface area (Å²) in [7, 11) is 0. The van der Waals surface area contributed by atoms with Gasteiger partial charge < -0.3 is 15.1 Å². The largest absolute Gasteiger partial charge is 0.366 e. The van der Waals surface area contributed by atoms with E-state index >= 15 is 0 Å². The van der Waals surface area contributed by atoms with Crippen molar-refractivity contribution in [2.24, 2.45) is 0 Å². The van der Waals surface area contributed by atoms with Crippen molar-refractivity contribution in [1.82, 2.24) is 10.2 Å². The molecule has 0 saturated carbocycles. The van der Waals surface area contributed by atoms with Crippen molar-refractivity contribution in [2.45, 2.75) is 32.1 Å². The SMILES string of the molecule is O=C(NCCN1CCCC1)c1ccc(N2CCCCC2)c([N+](=O)[O-])c1. The number of hydrogen-bond donors (Lipinski definition) is 1. The molecule has 1 amide bonds. The first-order chi connectivity index (χ1) is 12.1. The number of piperidine rings is 1. The molecule has 25 heavy (non-hydrogen) atoms. The zero-order chi connectivity index (χ0) is 17.6. The highest BCUT2D eigenvalue weighted by Crippen LogP contribution is 2.31. The lowest BCUT2D eigenvalue weighted by atomic mass is 10.1. The molecule has 7 nitrogen and oxygen atoms in total. The van der Waals surface area contributed by atoms with Crippen LogP contribution in [0.2, 0.25) is 0 Å².